The predicted molar refractivity (Wildman–Crippen MR) is 63.6 cm³/mol. The molecule has 1 aromatic carbocycles. The number of cyclic esters (lactones) is 1. The Balaban J connectivity index is 2.44. The Morgan fingerprint density at radius 3 is 2.81 bits per heavy atom. The van der Waals surface area contributed by atoms with Crippen LogP contribution < -0.4 is 0 Å². The molecule has 2 heteroatoms. The lowest BCUT2D eigenvalue weighted by Gasteiger charge is -2.11. The van der Waals surface area contributed by atoms with E-state index in [1.54, 1.807) is 0 Å². The predicted octanol–water partition coefficient (Wildman–Crippen LogP) is 3.32. The second-order valence-electron chi connectivity index (χ2n) is 4.51. The summed E-state index contributed by atoms with van der Waals surface area (Å²) in [5.41, 5.74) is 5.60. The zero-order valence-electron chi connectivity index (χ0n) is 10.2. The molecule has 0 bridgehead atoms. The molecule has 0 amide bonds. The van der Waals surface area contributed by atoms with Crippen LogP contribution in [-0.4, -0.2) is 5.97 Å². The van der Waals surface area contributed by atoms with Crippen LogP contribution >= 0.6 is 0 Å². The van der Waals surface area contributed by atoms with Crippen molar-refractivity contribution in [1.82, 2.24) is 0 Å². The second-order valence-corrected chi connectivity index (χ2v) is 4.51. The van der Waals surface area contributed by atoms with Crippen molar-refractivity contribution in [3.05, 3.63) is 33.9 Å². The van der Waals surface area contributed by atoms with Crippen LogP contribution in [0.1, 0.15) is 52.4 Å². The third-order valence-electron chi connectivity index (χ3n) is 3.37. The zero-order valence-corrected chi connectivity index (χ0v) is 10.2. The standard InChI is InChI=1S/C14H18O2/c1-4-5-6-11-7-9(2)13-12(10(11)3)8-16-14(13)15/h7H,4-6,8H2,1-3H3. The molecule has 0 saturated heterocycles. The number of carbonyl (C=O) groups is 1. The van der Waals surface area contributed by atoms with Crippen LogP contribution in [0.25, 0.3) is 0 Å². The van der Waals surface area contributed by atoms with Crippen LogP contribution in [-0.2, 0) is 17.8 Å². The fraction of sp³-hybridized carbons (Fsp3) is 0.500. The van der Waals surface area contributed by atoms with Gasteiger partial charge in [0.2, 0.25) is 0 Å². The molecule has 0 aliphatic carbocycles. The third-order valence-corrected chi connectivity index (χ3v) is 3.37. The average Bonchev–Trinajstić information content (AvgIpc) is 2.64. The number of unbranched alkanes of at least 4 members (excludes halogenated alkanes) is 1. The third kappa shape index (κ3) is 1.73. The summed E-state index contributed by atoms with van der Waals surface area (Å²) in [6, 6.07) is 2.15. The SMILES string of the molecule is CCCCc1cc(C)c2c(c1C)COC2=O. The second kappa shape index (κ2) is 4.28. The fourth-order valence-electron chi connectivity index (χ4n) is 2.36. The van der Waals surface area contributed by atoms with Gasteiger partial charge in [-0.25, -0.2) is 4.79 Å². The van der Waals surface area contributed by atoms with E-state index >= 15 is 0 Å². The molecule has 0 saturated carbocycles. The molecular formula is C14H18O2. The number of esters is 1. The quantitative estimate of drug-likeness (QED) is 0.727. The van der Waals surface area contributed by atoms with E-state index in [1.807, 2.05) is 6.92 Å². The highest BCUT2D eigenvalue weighted by molar-refractivity contribution is 5.95. The monoisotopic (exact) mass is 218 g/mol. The van der Waals surface area contributed by atoms with E-state index in [4.69, 9.17) is 4.74 Å². The van der Waals surface area contributed by atoms with E-state index in [9.17, 15) is 4.79 Å². The molecule has 0 N–H and O–H groups in total. The lowest BCUT2D eigenvalue weighted by molar-refractivity contribution is 0.0534. The number of hydrogen-bond donors (Lipinski definition) is 0. The number of aryl methyl sites for hydroxylation is 2. The number of carbonyl (C=O) groups excluding carboxylic acids is 1. The molecule has 2 rings (SSSR count). The Kier molecular flexibility index (Phi) is 2.99. The van der Waals surface area contributed by atoms with Gasteiger partial charge < -0.3 is 4.74 Å². The summed E-state index contributed by atoms with van der Waals surface area (Å²) in [5.74, 6) is -0.155. The number of ether oxygens (including phenoxy) is 1. The van der Waals surface area contributed by atoms with E-state index in [0.717, 1.165) is 23.1 Å². The van der Waals surface area contributed by atoms with Crippen molar-refractivity contribution in [1.29, 1.82) is 0 Å². The van der Waals surface area contributed by atoms with Crippen molar-refractivity contribution in [3.8, 4) is 0 Å². The van der Waals surface area contributed by atoms with E-state index in [2.05, 4.69) is 19.9 Å². The molecule has 0 fully saturated rings. The lowest BCUT2D eigenvalue weighted by Crippen LogP contribution is -2.01. The largest absolute Gasteiger partial charge is 0.457 e. The van der Waals surface area contributed by atoms with Crippen molar-refractivity contribution in [2.75, 3.05) is 0 Å². The van der Waals surface area contributed by atoms with E-state index < -0.39 is 0 Å². The molecule has 86 valence electrons. The van der Waals surface area contributed by atoms with Crippen LogP contribution in [0.2, 0.25) is 0 Å². The minimum atomic E-state index is -0.155. The highest BCUT2D eigenvalue weighted by atomic mass is 16.5. The van der Waals surface area contributed by atoms with E-state index in [0.29, 0.717) is 6.61 Å². The van der Waals surface area contributed by atoms with E-state index in [-0.39, 0.29) is 5.97 Å². The molecule has 1 aromatic rings. The van der Waals surface area contributed by atoms with Gasteiger partial charge in [0.25, 0.3) is 0 Å². The Bertz CT molecular complexity index is 433. The molecular weight excluding hydrogens is 200 g/mol. The molecule has 0 unspecified atom stereocenters. The van der Waals surface area contributed by atoms with Gasteiger partial charge in [-0.05, 0) is 43.4 Å². The van der Waals surface area contributed by atoms with Gasteiger partial charge in [-0.2, -0.15) is 0 Å². The Morgan fingerprint density at radius 1 is 1.38 bits per heavy atom. The van der Waals surface area contributed by atoms with Crippen LogP contribution in [0.4, 0.5) is 0 Å². The van der Waals surface area contributed by atoms with Gasteiger partial charge in [-0.15, -0.1) is 0 Å². The summed E-state index contributed by atoms with van der Waals surface area (Å²) >= 11 is 0. The number of hydrogen-bond acceptors (Lipinski definition) is 2. The van der Waals surface area contributed by atoms with Gasteiger partial charge in [0, 0.05) is 5.56 Å². The first-order valence-corrected chi connectivity index (χ1v) is 5.94. The molecule has 0 aromatic heterocycles. The Labute approximate surface area is 96.6 Å². The first kappa shape index (κ1) is 11.2. The Morgan fingerprint density at radius 2 is 2.12 bits per heavy atom. The lowest BCUT2D eigenvalue weighted by atomic mass is 9.92. The molecule has 2 nitrogen and oxygen atoms in total. The van der Waals surface area contributed by atoms with Gasteiger partial charge in [0.15, 0.2) is 0 Å². The van der Waals surface area contributed by atoms with Crippen LogP contribution in [0.15, 0.2) is 6.07 Å². The summed E-state index contributed by atoms with van der Waals surface area (Å²) in [7, 11) is 0. The first-order valence-electron chi connectivity index (χ1n) is 5.94. The van der Waals surface area contributed by atoms with Crippen molar-refractivity contribution >= 4 is 5.97 Å². The van der Waals surface area contributed by atoms with Gasteiger partial charge in [-0.1, -0.05) is 19.4 Å². The summed E-state index contributed by atoms with van der Waals surface area (Å²) in [5, 5.41) is 0. The maximum Gasteiger partial charge on any atom is 0.339 e. The normalized spacial score (nSPS) is 13.8. The van der Waals surface area contributed by atoms with Gasteiger partial charge in [0.05, 0.1) is 5.56 Å². The van der Waals surface area contributed by atoms with Gasteiger partial charge >= 0.3 is 5.97 Å². The highest BCUT2D eigenvalue weighted by Crippen LogP contribution is 2.29. The summed E-state index contributed by atoms with van der Waals surface area (Å²) in [6.07, 6.45) is 3.50. The van der Waals surface area contributed by atoms with Crippen LogP contribution in [0.5, 0.6) is 0 Å². The first-order chi connectivity index (χ1) is 7.65. The average molecular weight is 218 g/mol. The van der Waals surface area contributed by atoms with Crippen molar-refractivity contribution in [3.63, 3.8) is 0 Å². The number of rotatable bonds is 3. The fourth-order valence-corrected chi connectivity index (χ4v) is 2.36. The summed E-state index contributed by atoms with van der Waals surface area (Å²) < 4.78 is 5.11. The van der Waals surface area contributed by atoms with E-state index in [1.165, 1.54) is 24.0 Å². The maximum absolute atomic E-state index is 11.5. The molecule has 0 radical (unpaired) electrons. The maximum atomic E-state index is 11.5. The molecule has 16 heavy (non-hydrogen) atoms. The highest BCUT2D eigenvalue weighted by Gasteiger charge is 2.26. The molecule has 1 aliphatic rings. The zero-order chi connectivity index (χ0) is 11.7. The van der Waals surface area contributed by atoms with Crippen molar-refractivity contribution in [2.24, 2.45) is 0 Å². The van der Waals surface area contributed by atoms with Gasteiger partial charge in [0.1, 0.15) is 6.61 Å². The topological polar surface area (TPSA) is 26.3 Å². The Hall–Kier alpha value is -1.31. The molecule has 0 spiro atoms. The minimum absolute atomic E-state index is 0.155. The molecule has 1 heterocycles. The van der Waals surface area contributed by atoms with Crippen LogP contribution in [0.3, 0.4) is 0 Å². The summed E-state index contributed by atoms with van der Waals surface area (Å²) in [4.78, 5) is 11.5. The summed E-state index contributed by atoms with van der Waals surface area (Å²) in [6.45, 7) is 6.76. The van der Waals surface area contributed by atoms with Crippen LogP contribution in [0, 0.1) is 13.8 Å². The molecule has 1 aliphatic heterocycles. The smallest absolute Gasteiger partial charge is 0.339 e. The molecule has 0 atom stereocenters. The minimum Gasteiger partial charge on any atom is -0.457 e. The van der Waals surface area contributed by atoms with Crippen molar-refractivity contribution < 1.29 is 9.53 Å². The van der Waals surface area contributed by atoms with Crippen molar-refractivity contribution in [2.45, 2.75) is 46.6 Å². The van der Waals surface area contributed by atoms with Gasteiger partial charge in [-0.3, -0.25) is 0 Å². The number of benzene rings is 1. The number of fused-ring (bicyclic) bond motifs is 1.